The molecule has 124 valence electrons. The van der Waals surface area contributed by atoms with Gasteiger partial charge >= 0.3 is 0 Å². The maximum atomic E-state index is 13.0. The summed E-state index contributed by atoms with van der Waals surface area (Å²) in [4.78, 5) is 23.1. The average molecular weight is 331 g/mol. The van der Waals surface area contributed by atoms with E-state index < -0.39 is 0 Å². The zero-order chi connectivity index (χ0) is 17.4. The van der Waals surface area contributed by atoms with Crippen LogP contribution in [-0.2, 0) is 0 Å². The molecule has 0 aliphatic carbocycles. The highest BCUT2D eigenvalue weighted by Gasteiger charge is 2.21. The topological polar surface area (TPSA) is 63.4 Å². The molecule has 0 fully saturated rings. The van der Waals surface area contributed by atoms with Gasteiger partial charge in [-0.15, -0.1) is 5.10 Å². The first-order valence-electron chi connectivity index (χ1n) is 8.16. The number of nitrogens with zero attached hydrogens (tertiary/aromatic N) is 5. The predicted molar refractivity (Wildman–Crippen MR) is 96.8 cm³/mol. The molecule has 0 aliphatic rings. The summed E-state index contributed by atoms with van der Waals surface area (Å²) in [5.41, 5.74) is 1.71. The van der Waals surface area contributed by atoms with Crippen molar-refractivity contribution in [3.63, 3.8) is 0 Å². The Hall–Kier alpha value is -3.28. The van der Waals surface area contributed by atoms with Gasteiger partial charge in [0.15, 0.2) is 0 Å². The van der Waals surface area contributed by atoms with Gasteiger partial charge in [0.25, 0.3) is 11.7 Å². The lowest BCUT2D eigenvalue weighted by Crippen LogP contribution is -2.31. The van der Waals surface area contributed by atoms with Gasteiger partial charge < -0.3 is 4.90 Å². The Labute approximate surface area is 144 Å². The summed E-state index contributed by atoms with van der Waals surface area (Å²) in [6, 6.07) is 15.9. The molecule has 4 rings (SSSR count). The molecule has 0 spiro atoms. The first-order chi connectivity index (χ1) is 12.2. The molecule has 6 nitrogen and oxygen atoms in total. The number of rotatable bonds is 3. The standard InChI is InChI=1S/C19H17N5O/c1-3-23(16-9-8-14-6-4-5-7-15(14)12-16)18(25)17-21-19-20-11-10-13(2)24(19)22-17/h4-12H,3H2,1-2H3. The lowest BCUT2D eigenvalue weighted by molar-refractivity contribution is 0.0978. The smallest absolute Gasteiger partial charge is 0.298 e. The molecule has 0 radical (unpaired) electrons. The molecule has 2 aromatic heterocycles. The van der Waals surface area contributed by atoms with Gasteiger partial charge in [-0.1, -0.05) is 30.3 Å². The Morgan fingerprint density at radius 2 is 1.92 bits per heavy atom. The highest BCUT2D eigenvalue weighted by Crippen LogP contribution is 2.23. The lowest BCUT2D eigenvalue weighted by Gasteiger charge is -2.19. The maximum Gasteiger partial charge on any atom is 0.298 e. The minimum Gasteiger partial charge on any atom is -0.306 e. The van der Waals surface area contributed by atoms with Crippen LogP contribution in [0.3, 0.4) is 0 Å². The third-order valence-corrected chi connectivity index (χ3v) is 4.23. The van der Waals surface area contributed by atoms with Gasteiger partial charge in [-0.05, 0) is 42.8 Å². The van der Waals surface area contributed by atoms with E-state index in [-0.39, 0.29) is 11.7 Å². The summed E-state index contributed by atoms with van der Waals surface area (Å²) in [5, 5.41) is 6.55. The van der Waals surface area contributed by atoms with Crippen molar-refractivity contribution in [1.82, 2.24) is 19.6 Å². The molecule has 0 aliphatic heterocycles. The Bertz CT molecular complexity index is 1090. The molecular formula is C19H17N5O. The van der Waals surface area contributed by atoms with Gasteiger partial charge in [0.1, 0.15) is 0 Å². The molecule has 0 atom stereocenters. The van der Waals surface area contributed by atoms with Gasteiger partial charge in [-0.2, -0.15) is 4.98 Å². The summed E-state index contributed by atoms with van der Waals surface area (Å²) in [5.74, 6) is 0.345. The van der Waals surface area contributed by atoms with E-state index in [2.05, 4.69) is 21.1 Å². The molecule has 0 saturated heterocycles. The zero-order valence-electron chi connectivity index (χ0n) is 14.0. The van der Waals surface area contributed by atoms with E-state index in [4.69, 9.17) is 0 Å². The summed E-state index contributed by atoms with van der Waals surface area (Å²) >= 11 is 0. The van der Waals surface area contributed by atoms with Crippen LogP contribution in [0.15, 0.2) is 54.7 Å². The number of carbonyl (C=O) groups is 1. The van der Waals surface area contributed by atoms with Crippen molar-refractivity contribution >= 4 is 28.1 Å². The molecule has 4 aromatic rings. The Morgan fingerprint density at radius 3 is 2.68 bits per heavy atom. The minimum absolute atomic E-state index is 0.150. The summed E-state index contributed by atoms with van der Waals surface area (Å²) < 4.78 is 1.58. The highest BCUT2D eigenvalue weighted by atomic mass is 16.2. The van der Waals surface area contributed by atoms with Crippen LogP contribution in [0, 0.1) is 6.92 Å². The van der Waals surface area contributed by atoms with Crippen LogP contribution in [-0.4, -0.2) is 32.0 Å². The second kappa shape index (κ2) is 5.98. The number of aryl methyl sites for hydroxylation is 1. The van der Waals surface area contributed by atoms with E-state index in [1.165, 1.54) is 0 Å². The van der Waals surface area contributed by atoms with Gasteiger partial charge in [-0.25, -0.2) is 9.50 Å². The molecular weight excluding hydrogens is 314 g/mol. The molecule has 0 unspecified atom stereocenters. The van der Waals surface area contributed by atoms with Crippen molar-refractivity contribution < 1.29 is 4.79 Å². The van der Waals surface area contributed by atoms with E-state index >= 15 is 0 Å². The normalized spacial score (nSPS) is 11.1. The molecule has 2 aromatic carbocycles. The summed E-state index contributed by atoms with van der Waals surface area (Å²) in [6.45, 7) is 4.37. The first-order valence-corrected chi connectivity index (χ1v) is 8.16. The van der Waals surface area contributed by atoms with Crippen molar-refractivity contribution in [2.45, 2.75) is 13.8 Å². The fourth-order valence-electron chi connectivity index (χ4n) is 2.91. The Kier molecular flexibility index (Phi) is 3.65. The number of hydrogen-bond acceptors (Lipinski definition) is 4. The first kappa shape index (κ1) is 15.3. The highest BCUT2D eigenvalue weighted by molar-refractivity contribution is 6.04. The summed E-state index contributed by atoms with van der Waals surface area (Å²) in [6.07, 6.45) is 1.66. The van der Waals surface area contributed by atoms with Crippen LogP contribution >= 0.6 is 0 Å². The second-order valence-corrected chi connectivity index (χ2v) is 5.81. The molecule has 0 N–H and O–H groups in total. The number of fused-ring (bicyclic) bond motifs is 2. The molecule has 1 amide bonds. The SMILES string of the molecule is CCN(C(=O)c1nc2nccc(C)n2n1)c1ccc2ccccc2c1. The largest absolute Gasteiger partial charge is 0.306 e. The third kappa shape index (κ3) is 2.61. The number of anilines is 1. The number of aromatic nitrogens is 4. The van der Waals surface area contributed by atoms with Gasteiger partial charge in [0.2, 0.25) is 5.82 Å². The van der Waals surface area contributed by atoms with Crippen molar-refractivity contribution in [2.24, 2.45) is 0 Å². The van der Waals surface area contributed by atoms with Gasteiger partial charge in [-0.3, -0.25) is 4.79 Å². The number of amides is 1. The second-order valence-electron chi connectivity index (χ2n) is 5.81. The number of carbonyl (C=O) groups excluding carboxylic acids is 1. The molecule has 2 heterocycles. The molecule has 25 heavy (non-hydrogen) atoms. The van der Waals surface area contributed by atoms with Crippen molar-refractivity contribution in [3.8, 4) is 0 Å². The van der Waals surface area contributed by atoms with Crippen molar-refractivity contribution in [2.75, 3.05) is 11.4 Å². The summed E-state index contributed by atoms with van der Waals surface area (Å²) in [7, 11) is 0. The molecule has 0 bridgehead atoms. The van der Waals surface area contributed by atoms with E-state index in [0.717, 1.165) is 22.2 Å². The lowest BCUT2D eigenvalue weighted by atomic mass is 10.1. The van der Waals surface area contributed by atoms with Gasteiger partial charge in [0, 0.05) is 24.1 Å². The quantitative estimate of drug-likeness (QED) is 0.578. The van der Waals surface area contributed by atoms with Crippen LogP contribution in [0.1, 0.15) is 23.2 Å². The molecule has 6 heteroatoms. The fraction of sp³-hybridized carbons (Fsp3) is 0.158. The Balaban J connectivity index is 1.75. The van der Waals surface area contributed by atoms with Crippen LogP contribution in [0.4, 0.5) is 5.69 Å². The van der Waals surface area contributed by atoms with E-state index in [9.17, 15) is 4.79 Å². The van der Waals surface area contributed by atoms with Crippen molar-refractivity contribution in [3.05, 3.63) is 66.2 Å². The van der Waals surface area contributed by atoms with E-state index in [0.29, 0.717) is 12.3 Å². The van der Waals surface area contributed by atoms with Crippen LogP contribution in [0.5, 0.6) is 0 Å². The zero-order valence-corrected chi connectivity index (χ0v) is 14.0. The number of benzene rings is 2. The molecule has 0 saturated carbocycles. The van der Waals surface area contributed by atoms with Crippen LogP contribution < -0.4 is 4.90 Å². The van der Waals surface area contributed by atoms with Gasteiger partial charge in [0.05, 0.1) is 0 Å². The minimum atomic E-state index is -0.234. The van der Waals surface area contributed by atoms with E-state index in [1.54, 1.807) is 15.6 Å². The Morgan fingerprint density at radius 1 is 1.12 bits per heavy atom. The fourth-order valence-corrected chi connectivity index (χ4v) is 2.91. The predicted octanol–water partition coefficient (Wildman–Crippen LogP) is 3.25. The monoisotopic (exact) mass is 331 g/mol. The third-order valence-electron chi connectivity index (χ3n) is 4.23. The number of hydrogen-bond donors (Lipinski definition) is 0. The average Bonchev–Trinajstić information content (AvgIpc) is 3.08. The van der Waals surface area contributed by atoms with Crippen LogP contribution in [0.25, 0.3) is 16.6 Å². The maximum absolute atomic E-state index is 13.0. The van der Waals surface area contributed by atoms with Crippen LogP contribution in [0.2, 0.25) is 0 Å². The van der Waals surface area contributed by atoms with E-state index in [1.807, 2.05) is 56.3 Å². The van der Waals surface area contributed by atoms with Crippen molar-refractivity contribution in [1.29, 1.82) is 0 Å².